The van der Waals surface area contributed by atoms with Gasteiger partial charge in [-0.25, -0.2) is 13.1 Å². The van der Waals surface area contributed by atoms with Crippen molar-refractivity contribution in [1.82, 2.24) is 4.72 Å². The number of likely N-dealkylation sites (N-methyl/N-ethyl adjacent to an activating group) is 1. The van der Waals surface area contributed by atoms with Gasteiger partial charge in [0.2, 0.25) is 10.0 Å². The van der Waals surface area contributed by atoms with Crippen molar-refractivity contribution in [3.8, 4) is 11.5 Å². The number of hydrogen-bond acceptors (Lipinski definition) is 4. The molecule has 0 atom stereocenters. The summed E-state index contributed by atoms with van der Waals surface area (Å²) in [6, 6.07) is 4.71. The molecule has 0 unspecified atom stereocenters. The molecule has 0 saturated carbocycles. The molecule has 1 aromatic rings. The lowest BCUT2D eigenvalue weighted by atomic mass is 10.3. The highest BCUT2D eigenvalue weighted by Gasteiger charge is 2.20. The smallest absolute Gasteiger partial charge is 0.244 e. The van der Waals surface area contributed by atoms with Crippen molar-refractivity contribution >= 4 is 10.0 Å². The molecule has 21 heavy (non-hydrogen) atoms. The number of nitrogens with one attached hydrogen (secondary N) is 2. The maximum atomic E-state index is 12.4. The minimum Gasteiger partial charge on any atom is -0.497 e. The summed E-state index contributed by atoms with van der Waals surface area (Å²) in [5.41, 5.74) is 0. The Morgan fingerprint density at radius 1 is 1.14 bits per heavy atom. The van der Waals surface area contributed by atoms with Gasteiger partial charge >= 0.3 is 0 Å². The monoisotopic (exact) mass is 317 g/mol. The normalized spacial score (nSPS) is 11.7. The molecule has 0 aliphatic carbocycles. The Morgan fingerprint density at radius 2 is 1.81 bits per heavy atom. The van der Waals surface area contributed by atoms with Gasteiger partial charge in [-0.05, 0) is 26.0 Å². The molecule has 0 saturated heterocycles. The van der Waals surface area contributed by atoms with Crippen LogP contribution in [0.15, 0.2) is 23.1 Å². The average molecular weight is 317 g/mol. The van der Waals surface area contributed by atoms with Gasteiger partial charge in [0.15, 0.2) is 0 Å². The Labute approximate surface area is 127 Å². The van der Waals surface area contributed by atoms with E-state index in [1.54, 1.807) is 12.1 Å². The van der Waals surface area contributed by atoms with E-state index in [2.05, 4.69) is 18.6 Å². The average Bonchev–Trinajstić information content (AvgIpc) is 2.50. The van der Waals surface area contributed by atoms with Crippen LogP contribution in [0.5, 0.6) is 11.5 Å². The van der Waals surface area contributed by atoms with Crippen LogP contribution in [-0.4, -0.2) is 48.8 Å². The highest BCUT2D eigenvalue weighted by molar-refractivity contribution is 7.89. The third-order valence-electron chi connectivity index (χ3n) is 3.43. The van der Waals surface area contributed by atoms with E-state index in [0.29, 0.717) is 18.0 Å². The molecule has 0 spiro atoms. The van der Waals surface area contributed by atoms with Gasteiger partial charge in [0.05, 0.1) is 40.4 Å². The molecular weight excluding hydrogens is 292 g/mol. The van der Waals surface area contributed by atoms with Crippen LogP contribution in [0.1, 0.15) is 13.8 Å². The van der Waals surface area contributed by atoms with Gasteiger partial charge in [-0.15, -0.1) is 0 Å². The molecule has 0 fully saturated rings. The Kier molecular flexibility index (Phi) is 6.94. The van der Waals surface area contributed by atoms with Gasteiger partial charge in [0, 0.05) is 6.07 Å². The molecule has 7 heteroatoms. The third kappa shape index (κ3) is 4.87. The number of quaternary nitrogens is 1. The summed E-state index contributed by atoms with van der Waals surface area (Å²) < 4.78 is 37.6. The quantitative estimate of drug-likeness (QED) is 0.668. The molecule has 6 nitrogen and oxygen atoms in total. The Morgan fingerprint density at radius 3 is 2.33 bits per heavy atom. The predicted octanol–water partition coefficient (Wildman–Crippen LogP) is -0.0932. The molecule has 2 N–H and O–H groups in total. The summed E-state index contributed by atoms with van der Waals surface area (Å²) in [5, 5.41) is 0. The van der Waals surface area contributed by atoms with Crippen molar-refractivity contribution in [1.29, 1.82) is 0 Å². The molecule has 0 aliphatic heterocycles. The molecule has 0 heterocycles. The van der Waals surface area contributed by atoms with Gasteiger partial charge in [0.1, 0.15) is 16.4 Å². The lowest BCUT2D eigenvalue weighted by Gasteiger charge is -2.16. The summed E-state index contributed by atoms with van der Waals surface area (Å²) in [6.07, 6.45) is 0. The van der Waals surface area contributed by atoms with E-state index in [1.165, 1.54) is 25.2 Å². The minimum atomic E-state index is -3.62. The minimum absolute atomic E-state index is 0.0962. The Hall–Kier alpha value is -1.31. The van der Waals surface area contributed by atoms with Crippen LogP contribution in [0.3, 0.4) is 0 Å². The Balaban J connectivity index is 2.86. The van der Waals surface area contributed by atoms with E-state index in [-0.39, 0.29) is 4.90 Å². The van der Waals surface area contributed by atoms with Crippen LogP contribution in [0.2, 0.25) is 0 Å². The van der Waals surface area contributed by atoms with Crippen LogP contribution in [0.4, 0.5) is 0 Å². The first-order valence-corrected chi connectivity index (χ1v) is 8.52. The van der Waals surface area contributed by atoms with Crippen LogP contribution < -0.4 is 19.1 Å². The second kappa shape index (κ2) is 8.21. The number of hydrogen-bond donors (Lipinski definition) is 2. The molecule has 0 aliphatic rings. The van der Waals surface area contributed by atoms with E-state index in [4.69, 9.17) is 9.47 Å². The van der Waals surface area contributed by atoms with Gasteiger partial charge in [-0.3, -0.25) is 0 Å². The maximum absolute atomic E-state index is 12.4. The zero-order valence-corrected chi connectivity index (χ0v) is 13.9. The molecular formula is C14H25N2O4S+. The van der Waals surface area contributed by atoms with Crippen molar-refractivity contribution in [2.24, 2.45) is 0 Å². The SMILES string of the molecule is CC[NH+](CC)CCNS(=O)(=O)c1cc(OC)ccc1OC. The molecule has 0 amide bonds. The van der Waals surface area contributed by atoms with E-state index in [1.807, 2.05) is 0 Å². The standard InChI is InChI=1S/C14H24N2O4S/c1-5-16(6-2)10-9-15-21(17,18)14-11-12(19-3)7-8-13(14)20-4/h7-8,11,15H,5-6,9-10H2,1-4H3/p+1. The van der Waals surface area contributed by atoms with Crippen molar-refractivity contribution in [3.63, 3.8) is 0 Å². The Bertz CT molecular complexity index is 542. The number of methoxy groups -OCH3 is 2. The fourth-order valence-electron chi connectivity index (χ4n) is 2.04. The highest BCUT2D eigenvalue weighted by Crippen LogP contribution is 2.27. The number of rotatable bonds is 9. The van der Waals surface area contributed by atoms with E-state index < -0.39 is 10.0 Å². The van der Waals surface area contributed by atoms with Crippen molar-refractivity contribution in [3.05, 3.63) is 18.2 Å². The van der Waals surface area contributed by atoms with Crippen LogP contribution in [0, 0.1) is 0 Å². The summed E-state index contributed by atoms with van der Waals surface area (Å²) >= 11 is 0. The van der Waals surface area contributed by atoms with Crippen molar-refractivity contribution in [2.45, 2.75) is 18.7 Å². The van der Waals surface area contributed by atoms with Crippen molar-refractivity contribution in [2.75, 3.05) is 40.4 Å². The highest BCUT2D eigenvalue weighted by atomic mass is 32.2. The second-order valence-corrected chi connectivity index (χ2v) is 6.36. The lowest BCUT2D eigenvalue weighted by Crippen LogP contribution is -3.12. The van der Waals surface area contributed by atoms with Gasteiger partial charge in [-0.2, -0.15) is 0 Å². The zero-order chi connectivity index (χ0) is 15.9. The first-order valence-electron chi connectivity index (χ1n) is 7.03. The van der Waals surface area contributed by atoms with Gasteiger partial charge in [0.25, 0.3) is 0 Å². The summed E-state index contributed by atoms with van der Waals surface area (Å²) in [5.74, 6) is 0.782. The summed E-state index contributed by atoms with van der Waals surface area (Å²) in [4.78, 5) is 1.44. The fraction of sp³-hybridized carbons (Fsp3) is 0.571. The molecule has 0 bridgehead atoms. The zero-order valence-electron chi connectivity index (χ0n) is 13.1. The molecule has 120 valence electrons. The van der Waals surface area contributed by atoms with Crippen LogP contribution in [0.25, 0.3) is 0 Å². The number of ether oxygens (including phenoxy) is 2. The molecule has 0 radical (unpaired) electrons. The first kappa shape index (κ1) is 17.7. The topological polar surface area (TPSA) is 69.1 Å². The number of sulfonamides is 1. The summed E-state index contributed by atoms with van der Waals surface area (Å²) in [7, 11) is -0.675. The maximum Gasteiger partial charge on any atom is 0.244 e. The largest absolute Gasteiger partial charge is 0.497 e. The van der Waals surface area contributed by atoms with E-state index in [9.17, 15) is 8.42 Å². The second-order valence-electron chi connectivity index (χ2n) is 4.62. The third-order valence-corrected chi connectivity index (χ3v) is 4.91. The summed E-state index contributed by atoms with van der Waals surface area (Å²) in [6.45, 7) is 7.25. The fourth-order valence-corrected chi connectivity index (χ4v) is 3.25. The van der Waals surface area contributed by atoms with Gasteiger partial charge in [-0.1, -0.05) is 0 Å². The van der Waals surface area contributed by atoms with E-state index in [0.717, 1.165) is 19.6 Å². The predicted molar refractivity (Wildman–Crippen MR) is 81.6 cm³/mol. The lowest BCUT2D eigenvalue weighted by molar-refractivity contribution is -0.895. The molecule has 1 rings (SSSR count). The molecule has 1 aromatic carbocycles. The van der Waals surface area contributed by atoms with Gasteiger partial charge < -0.3 is 14.4 Å². The number of benzene rings is 1. The molecule has 0 aromatic heterocycles. The van der Waals surface area contributed by atoms with Crippen LogP contribution >= 0.6 is 0 Å². The van der Waals surface area contributed by atoms with E-state index >= 15 is 0 Å². The van der Waals surface area contributed by atoms with Crippen molar-refractivity contribution < 1.29 is 22.8 Å². The van der Waals surface area contributed by atoms with Crippen LogP contribution in [-0.2, 0) is 10.0 Å². The first-order chi connectivity index (χ1) is 9.98.